The monoisotopic (exact) mass is 448 g/mol. The molecule has 3 heteroatoms. The second-order valence-electron chi connectivity index (χ2n) is 13.3. The molecule has 4 aliphatic rings. The number of esters is 1. The summed E-state index contributed by atoms with van der Waals surface area (Å²) in [4.78, 5) is 11.6. The zero-order chi connectivity index (χ0) is 23.3. The molecule has 184 valence electrons. The van der Waals surface area contributed by atoms with Gasteiger partial charge in [-0.05, 0) is 104 Å². The minimum Gasteiger partial charge on any atom is -0.459 e. The number of fused-ring (bicyclic) bond motifs is 5. The largest absolute Gasteiger partial charge is 0.459 e. The highest BCUT2D eigenvalue weighted by atomic mass is 19.1. The summed E-state index contributed by atoms with van der Waals surface area (Å²) in [6.45, 7) is 13.7. The molecule has 10 atom stereocenters. The third-order valence-electron chi connectivity index (χ3n) is 11.1. The van der Waals surface area contributed by atoms with Crippen LogP contribution in [-0.4, -0.2) is 18.2 Å². The maximum absolute atomic E-state index is 14.9. The molecule has 0 bridgehead atoms. The van der Waals surface area contributed by atoms with Gasteiger partial charge in [-0.2, -0.15) is 0 Å². The zero-order valence-corrected chi connectivity index (χ0v) is 21.7. The Hall–Kier alpha value is -0.600. The van der Waals surface area contributed by atoms with Crippen LogP contribution in [0.5, 0.6) is 0 Å². The fourth-order valence-electron chi connectivity index (χ4n) is 9.58. The number of carbonyl (C=O) groups excluding carboxylic acids is 1. The van der Waals surface area contributed by atoms with Crippen LogP contribution in [0.1, 0.15) is 112 Å². The van der Waals surface area contributed by atoms with Crippen LogP contribution in [-0.2, 0) is 9.53 Å². The van der Waals surface area contributed by atoms with Crippen LogP contribution in [0.3, 0.4) is 0 Å². The number of rotatable bonds is 6. The Bertz CT molecular complexity index is 676. The van der Waals surface area contributed by atoms with Gasteiger partial charge in [0.05, 0.1) is 0 Å². The molecule has 0 N–H and O–H groups in total. The van der Waals surface area contributed by atoms with Gasteiger partial charge in [-0.3, -0.25) is 4.79 Å². The summed E-state index contributed by atoms with van der Waals surface area (Å²) >= 11 is 0. The fourth-order valence-corrected chi connectivity index (χ4v) is 9.58. The fraction of sp³-hybridized carbons (Fsp3) is 0.966. The Morgan fingerprint density at radius 3 is 2.41 bits per heavy atom. The second kappa shape index (κ2) is 9.21. The van der Waals surface area contributed by atoms with Crippen molar-refractivity contribution in [2.24, 2.45) is 52.3 Å². The molecule has 0 amide bonds. The third-order valence-corrected chi connectivity index (χ3v) is 11.1. The Morgan fingerprint density at radius 2 is 1.72 bits per heavy atom. The van der Waals surface area contributed by atoms with E-state index in [1.807, 2.05) is 0 Å². The summed E-state index contributed by atoms with van der Waals surface area (Å²) in [7, 11) is 0. The first-order chi connectivity index (χ1) is 15.1. The van der Waals surface area contributed by atoms with Crippen molar-refractivity contribution in [3.8, 4) is 0 Å². The number of alkyl halides is 1. The molecular formula is C29H49FO2. The van der Waals surface area contributed by atoms with E-state index in [1.54, 1.807) is 0 Å². The molecule has 4 fully saturated rings. The normalized spacial score (nSPS) is 46.8. The smallest absolute Gasteiger partial charge is 0.303 e. The molecule has 0 saturated heterocycles. The molecule has 0 heterocycles. The number of hydrogen-bond donors (Lipinski definition) is 0. The van der Waals surface area contributed by atoms with E-state index in [2.05, 4.69) is 34.6 Å². The molecule has 4 aliphatic carbocycles. The number of hydrogen-bond acceptors (Lipinski definition) is 2. The van der Waals surface area contributed by atoms with Gasteiger partial charge in [-0.15, -0.1) is 0 Å². The lowest BCUT2D eigenvalue weighted by Gasteiger charge is -2.61. The summed E-state index contributed by atoms with van der Waals surface area (Å²) in [5.74, 6) is 4.97. The minimum atomic E-state index is -0.982. The van der Waals surface area contributed by atoms with E-state index in [0.717, 1.165) is 36.0 Å². The summed E-state index contributed by atoms with van der Waals surface area (Å²) < 4.78 is 20.4. The lowest BCUT2D eigenvalue weighted by Crippen LogP contribution is -2.56. The zero-order valence-electron chi connectivity index (χ0n) is 21.7. The van der Waals surface area contributed by atoms with Crippen LogP contribution in [0, 0.1) is 52.3 Å². The highest BCUT2D eigenvalue weighted by Crippen LogP contribution is 2.68. The molecule has 2 nitrogen and oxygen atoms in total. The lowest BCUT2D eigenvalue weighted by atomic mass is 9.44. The number of halogens is 1. The van der Waals surface area contributed by atoms with Gasteiger partial charge in [0.15, 0.2) is 0 Å². The second-order valence-corrected chi connectivity index (χ2v) is 13.3. The van der Waals surface area contributed by atoms with Crippen molar-refractivity contribution >= 4 is 5.97 Å². The summed E-state index contributed by atoms with van der Waals surface area (Å²) in [6, 6.07) is 0. The van der Waals surface area contributed by atoms with Gasteiger partial charge in [0, 0.05) is 6.92 Å². The molecule has 0 unspecified atom stereocenters. The Kier molecular flexibility index (Phi) is 7.06. The van der Waals surface area contributed by atoms with Crippen molar-refractivity contribution in [2.45, 2.75) is 124 Å². The predicted molar refractivity (Wildman–Crippen MR) is 129 cm³/mol. The van der Waals surface area contributed by atoms with Crippen molar-refractivity contribution in [3.63, 3.8) is 0 Å². The van der Waals surface area contributed by atoms with Gasteiger partial charge in [-0.25, -0.2) is 4.39 Å². The summed E-state index contributed by atoms with van der Waals surface area (Å²) in [5.41, 5.74) is 0.627. The van der Waals surface area contributed by atoms with Crippen LogP contribution in [0.2, 0.25) is 0 Å². The van der Waals surface area contributed by atoms with Crippen molar-refractivity contribution in [2.75, 3.05) is 0 Å². The summed E-state index contributed by atoms with van der Waals surface area (Å²) in [6.07, 6.45) is 11.9. The Morgan fingerprint density at radius 1 is 1.00 bits per heavy atom. The van der Waals surface area contributed by atoms with Crippen LogP contribution in [0.25, 0.3) is 0 Å². The molecular weight excluding hydrogens is 399 g/mol. The first-order valence-corrected chi connectivity index (χ1v) is 13.9. The van der Waals surface area contributed by atoms with Crippen molar-refractivity contribution in [3.05, 3.63) is 0 Å². The van der Waals surface area contributed by atoms with E-state index >= 15 is 0 Å². The van der Waals surface area contributed by atoms with E-state index in [4.69, 9.17) is 4.74 Å². The van der Waals surface area contributed by atoms with E-state index < -0.39 is 12.3 Å². The van der Waals surface area contributed by atoms with Crippen molar-refractivity contribution in [1.29, 1.82) is 0 Å². The van der Waals surface area contributed by atoms with E-state index in [0.29, 0.717) is 23.7 Å². The lowest BCUT2D eigenvalue weighted by molar-refractivity contribution is -0.174. The molecule has 0 aliphatic heterocycles. The highest BCUT2D eigenvalue weighted by molar-refractivity contribution is 5.66. The maximum atomic E-state index is 14.9. The molecule has 0 aromatic carbocycles. The number of carbonyl (C=O) groups is 1. The van der Waals surface area contributed by atoms with E-state index in [1.165, 1.54) is 64.7 Å². The van der Waals surface area contributed by atoms with Crippen LogP contribution in [0.15, 0.2) is 0 Å². The molecule has 4 rings (SSSR count). The third kappa shape index (κ3) is 4.28. The SMILES string of the molecule is CC(=O)O[C@@H]1C[C@@]2(C)[C@@H](CC[C@@H]3[C@@H]2CC[C@]2(C)[C@@H]([C@H](C)CCCC(C)C)CC[C@@H]32)C[C@@H]1F. The Labute approximate surface area is 196 Å². The van der Waals surface area contributed by atoms with Gasteiger partial charge in [0.25, 0.3) is 0 Å². The molecule has 32 heavy (non-hydrogen) atoms. The standard InChI is InChI=1S/C29H49FO2/c1-18(2)8-7-9-19(3)23-12-13-24-22-11-10-21-16-26(30)27(32-20(4)31)17-29(21,6)25(22)14-15-28(23,24)5/h18-19,21-27H,7-17H2,1-6H3/t19-,21+,22+,23-,24+,25+,26+,27-,28-,29+/m1/s1. The van der Waals surface area contributed by atoms with Gasteiger partial charge in [0.1, 0.15) is 12.3 Å². The molecule has 0 aromatic heterocycles. The molecule has 4 saturated carbocycles. The first kappa shape index (κ1) is 24.5. The molecule has 0 spiro atoms. The quantitative estimate of drug-likeness (QED) is 0.385. The van der Waals surface area contributed by atoms with Crippen LogP contribution < -0.4 is 0 Å². The van der Waals surface area contributed by atoms with E-state index in [9.17, 15) is 9.18 Å². The summed E-state index contributed by atoms with van der Waals surface area (Å²) in [5, 5.41) is 0. The van der Waals surface area contributed by atoms with Gasteiger partial charge < -0.3 is 4.74 Å². The van der Waals surface area contributed by atoms with Crippen LogP contribution in [0.4, 0.5) is 4.39 Å². The highest BCUT2D eigenvalue weighted by Gasteiger charge is 2.61. The number of ether oxygens (including phenoxy) is 1. The van der Waals surface area contributed by atoms with E-state index in [-0.39, 0.29) is 11.4 Å². The maximum Gasteiger partial charge on any atom is 0.303 e. The first-order valence-electron chi connectivity index (χ1n) is 13.9. The Balaban J connectivity index is 1.48. The van der Waals surface area contributed by atoms with Crippen molar-refractivity contribution in [1.82, 2.24) is 0 Å². The average Bonchev–Trinajstić information content (AvgIpc) is 3.05. The van der Waals surface area contributed by atoms with Crippen molar-refractivity contribution < 1.29 is 13.9 Å². The predicted octanol–water partition coefficient (Wildman–Crippen LogP) is 7.99. The topological polar surface area (TPSA) is 26.3 Å². The van der Waals surface area contributed by atoms with Gasteiger partial charge >= 0.3 is 5.97 Å². The molecule has 0 aromatic rings. The molecule has 0 radical (unpaired) electrons. The van der Waals surface area contributed by atoms with Gasteiger partial charge in [0.2, 0.25) is 0 Å². The average molecular weight is 449 g/mol. The van der Waals surface area contributed by atoms with Crippen LogP contribution >= 0.6 is 0 Å². The van der Waals surface area contributed by atoms with Gasteiger partial charge in [-0.1, -0.05) is 53.9 Å². The minimum absolute atomic E-state index is 0.133.